The second kappa shape index (κ2) is 13.8. The number of nitro benzene ring substituents is 1. The van der Waals surface area contributed by atoms with Crippen LogP contribution in [0.4, 0.5) is 5.69 Å². The van der Waals surface area contributed by atoms with Crippen LogP contribution < -0.4 is 5.32 Å². The SMILES string of the molecule is CC(C)NC(=O)[C@@H](Cc1ccccc1)N(Cc1cccc(Cl)c1)C(=O)CSCc1ccc([N+](=O)[O-])cc1. The lowest BCUT2D eigenvalue weighted by molar-refractivity contribution is -0.384. The van der Waals surface area contributed by atoms with Crippen LogP contribution in [0.3, 0.4) is 0 Å². The first-order valence-electron chi connectivity index (χ1n) is 11.9. The van der Waals surface area contributed by atoms with Crippen molar-refractivity contribution in [1.29, 1.82) is 0 Å². The first-order chi connectivity index (χ1) is 17.7. The molecule has 37 heavy (non-hydrogen) atoms. The maximum Gasteiger partial charge on any atom is 0.269 e. The van der Waals surface area contributed by atoms with E-state index in [4.69, 9.17) is 11.6 Å². The molecule has 0 saturated heterocycles. The highest BCUT2D eigenvalue weighted by Crippen LogP contribution is 2.21. The number of halogens is 1. The standard InChI is InChI=1S/C28H30ClN3O4S/c1-20(2)30-28(34)26(16-21-7-4-3-5-8-21)31(17-23-9-6-10-24(29)15-23)27(33)19-37-18-22-11-13-25(14-12-22)32(35)36/h3-15,20,26H,16-19H2,1-2H3,(H,30,34)/t26-/m1/s1. The van der Waals surface area contributed by atoms with Gasteiger partial charge in [-0.2, -0.15) is 0 Å². The molecule has 0 saturated carbocycles. The zero-order valence-electron chi connectivity index (χ0n) is 20.8. The number of thioether (sulfide) groups is 1. The van der Waals surface area contributed by atoms with Crippen LogP contribution in [0.15, 0.2) is 78.9 Å². The normalized spacial score (nSPS) is 11.7. The number of rotatable bonds is 12. The maximum absolute atomic E-state index is 13.6. The van der Waals surface area contributed by atoms with Gasteiger partial charge < -0.3 is 10.2 Å². The summed E-state index contributed by atoms with van der Waals surface area (Å²) >= 11 is 7.60. The molecule has 0 radical (unpaired) electrons. The molecule has 1 atom stereocenters. The van der Waals surface area contributed by atoms with Crippen LogP contribution in [0.1, 0.15) is 30.5 Å². The van der Waals surface area contributed by atoms with Crippen molar-refractivity contribution in [3.05, 3.63) is 111 Å². The molecule has 0 spiro atoms. The maximum atomic E-state index is 13.6. The average Bonchev–Trinajstić information content (AvgIpc) is 2.86. The molecule has 0 aliphatic rings. The Morgan fingerprint density at radius 1 is 0.973 bits per heavy atom. The number of carbonyl (C=O) groups excluding carboxylic acids is 2. The molecule has 0 unspecified atom stereocenters. The smallest absolute Gasteiger partial charge is 0.269 e. The number of hydrogen-bond donors (Lipinski definition) is 1. The molecule has 3 aromatic carbocycles. The Morgan fingerprint density at radius 2 is 1.65 bits per heavy atom. The number of nitrogens with zero attached hydrogens (tertiary/aromatic N) is 2. The summed E-state index contributed by atoms with van der Waals surface area (Å²) in [6.45, 7) is 4.02. The van der Waals surface area contributed by atoms with E-state index >= 15 is 0 Å². The van der Waals surface area contributed by atoms with E-state index in [1.807, 2.05) is 56.3 Å². The van der Waals surface area contributed by atoms with Gasteiger partial charge in [0.25, 0.3) is 5.69 Å². The summed E-state index contributed by atoms with van der Waals surface area (Å²) in [6.07, 6.45) is 0.374. The molecule has 194 valence electrons. The zero-order valence-corrected chi connectivity index (χ0v) is 22.4. The van der Waals surface area contributed by atoms with E-state index in [1.54, 1.807) is 29.2 Å². The van der Waals surface area contributed by atoms with E-state index in [1.165, 1.54) is 23.9 Å². The van der Waals surface area contributed by atoms with E-state index in [9.17, 15) is 19.7 Å². The molecule has 0 heterocycles. The third-order valence-corrected chi connectivity index (χ3v) is 6.81. The van der Waals surface area contributed by atoms with Crippen molar-refractivity contribution in [2.24, 2.45) is 0 Å². The summed E-state index contributed by atoms with van der Waals surface area (Å²) in [7, 11) is 0. The Morgan fingerprint density at radius 3 is 2.27 bits per heavy atom. The number of nitrogens with one attached hydrogen (secondary N) is 1. The molecule has 7 nitrogen and oxygen atoms in total. The number of nitro groups is 1. The molecule has 0 fully saturated rings. The van der Waals surface area contributed by atoms with E-state index in [2.05, 4.69) is 5.32 Å². The molecule has 2 amide bonds. The highest BCUT2D eigenvalue weighted by molar-refractivity contribution is 7.99. The van der Waals surface area contributed by atoms with Gasteiger partial charge in [0.2, 0.25) is 11.8 Å². The highest BCUT2D eigenvalue weighted by Gasteiger charge is 2.30. The Kier molecular flexibility index (Phi) is 10.5. The van der Waals surface area contributed by atoms with E-state index in [0.717, 1.165) is 16.7 Å². The van der Waals surface area contributed by atoms with Gasteiger partial charge in [0.15, 0.2) is 0 Å². The fourth-order valence-corrected chi connectivity index (χ4v) is 4.90. The molecule has 0 aliphatic carbocycles. The first-order valence-corrected chi connectivity index (χ1v) is 13.5. The van der Waals surface area contributed by atoms with Gasteiger partial charge in [-0.15, -0.1) is 11.8 Å². The van der Waals surface area contributed by atoms with Gasteiger partial charge in [-0.3, -0.25) is 19.7 Å². The third-order valence-electron chi connectivity index (χ3n) is 5.59. The van der Waals surface area contributed by atoms with Crippen LogP contribution in [0.5, 0.6) is 0 Å². The molecule has 3 rings (SSSR count). The van der Waals surface area contributed by atoms with Crippen LogP contribution in [-0.4, -0.2) is 39.5 Å². The summed E-state index contributed by atoms with van der Waals surface area (Å²) in [6, 6.07) is 22.4. The quantitative estimate of drug-likeness (QED) is 0.237. The van der Waals surface area contributed by atoms with Gasteiger partial charge in [0, 0.05) is 41.9 Å². The highest BCUT2D eigenvalue weighted by atomic mass is 35.5. The lowest BCUT2D eigenvalue weighted by Gasteiger charge is -2.32. The van der Waals surface area contributed by atoms with Crippen molar-refractivity contribution in [3.8, 4) is 0 Å². The Bertz CT molecular complexity index is 1210. The summed E-state index contributed by atoms with van der Waals surface area (Å²) < 4.78 is 0. The molecule has 9 heteroatoms. The summed E-state index contributed by atoms with van der Waals surface area (Å²) in [5.41, 5.74) is 2.69. The number of non-ortho nitro benzene ring substituents is 1. The van der Waals surface area contributed by atoms with Crippen LogP contribution in [0.25, 0.3) is 0 Å². The molecule has 1 N–H and O–H groups in total. The summed E-state index contributed by atoms with van der Waals surface area (Å²) in [5, 5.41) is 14.4. The van der Waals surface area contributed by atoms with Crippen molar-refractivity contribution in [2.45, 2.75) is 44.6 Å². The van der Waals surface area contributed by atoms with Gasteiger partial charge in [-0.25, -0.2) is 0 Å². The predicted molar refractivity (Wildman–Crippen MR) is 148 cm³/mol. The fourth-order valence-electron chi connectivity index (χ4n) is 3.82. The van der Waals surface area contributed by atoms with Gasteiger partial charge in [-0.1, -0.05) is 66.2 Å². The Hall–Kier alpha value is -3.36. The molecule has 0 aliphatic heterocycles. The number of carbonyl (C=O) groups is 2. The Labute approximate surface area is 226 Å². The van der Waals surface area contributed by atoms with Crippen LogP contribution in [0, 0.1) is 10.1 Å². The van der Waals surface area contributed by atoms with Gasteiger partial charge >= 0.3 is 0 Å². The lowest BCUT2D eigenvalue weighted by Crippen LogP contribution is -2.52. The van der Waals surface area contributed by atoms with Crippen molar-refractivity contribution < 1.29 is 14.5 Å². The van der Waals surface area contributed by atoms with Crippen molar-refractivity contribution in [2.75, 3.05) is 5.75 Å². The van der Waals surface area contributed by atoms with E-state index < -0.39 is 11.0 Å². The Balaban J connectivity index is 1.82. The molecular weight excluding hydrogens is 510 g/mol. The number of hydrogen-bond acceptors (Lipinski definition) is 5. The lowest BCUT2D eigenvalue weighted by atomic mass is 10.0. The minimum Gasteiger partial charge on any atom is -0.352 e. The average molecular weight is 540 g/mol. The van der Waals surface area contributed by atoms with Gasteiger partial charge in [0.1, 0.15) is 6.04 Å². The van der Waals surface area contributed by atoms with Crippen molar-refractivity contribution >= 4 is 40.9 Å². The molecular formula is C28H30ClN3O4S. The topological polar surface area (TPSA) is 92.6 Å². The summed E-state index contributed by atoms with van der Waals surface area (Å²) in [5.74, 6) is 0.273. The minimum absolute atomic E-state index is 0.0254. The zero-order chi connectivity index (χ0) is 26.8. The second-order valence-electron chi connectivity index (χ2n) is 8.94. The third kappa shape index (κ3) is 8.91. The van der Waals surface area contributed by atoms with Crippen LogP contribution in [0.2, 0.25) is 5.02 Å². The monoisotopic (exact) mass is 539 g/mol. The number of benzene rings is 3. The second-order valence-corrected chi connectivity index (χ2v) is 10.4. The van der Waals surface area contributed by atoms with E-state index in [0.29, 0.717) is 17.2 Å². The predicted octanol–water partition coefficient (Wildman–Crippen LogP) is 5.65. The molecule has 3 aromatic rings. The van der Waals surface area contributed by atoms with Crippen molar-refractivity contribution in [1.82, 2.24) is 10.2 Å². The van der Waals surface area contributed by atoms with Crippen LogP contribution in [-0.2, 0) is 28.3 Å². The van der Waals surface area contributed by atoms with Crippen molar-refractivity contribution in [3.63, 3.8) is 0 Å². The largest absolute Gasteiger partial charge is 0.352 e. The molecule has 0 aromatic heterocycles. The number of amides is 2. The van der Waals surface area contributed by atoms with Crippen LogP contribution >= 0.6 is 23.4 Å². The van der Waals surface area contributed by atoms with Gasteiger partial charge in [-0.05, 0) is 42.7 Å². The molecule has 0 bridgehead atoms. The first kappa shape index (κ1) is 28.2. The van der Waals surface area contributed by atoms with Gasteiger partial charge in [0.05, 0.1) is 10.7 Å². The fraction of sp³-hybridized carbons (Fsp3) is 0.286. The summed E-state index contributed by atoms with van der Waals surface area (Å²) in [4.78, 5) is 39.0. The minimum atomic E-state index is -0.712. The van der Waals surface area contributed by atoms with E-state index in [-0.39, 0.29) is 35.8 Å².